The number of nitrogens with zero attached hydrogens (tertiary/aromatic N) is 3. The van der Waals surface area contributed by atoms with Gasteiger partial charge >= 0.3 is 0 Å². The number of nitrogens with one attached hydrogen (secondary N) is 1. The second-order valence-corrected chi connectivity index (χ2v) is 4.57. The first-order chi connectivity index (χ1) is 9.18. The number of aromatic amines is 1. The maximum atomic E-state index is 12.5. The standard InChI is InChI=1S/C14H18N4O/c1-17(2)10-11-18(12-6-4-3-5-7-12)14(19)13-8-9-15-16-13/h3-9H,10-11H2,1-2H3,(H,15,16). The Kier molecular flexibility index (Phi) is 4.30. The number of carbonyl (C=O) groups excluding carboxylic acids is 1. The molecular formula is C14H18N4O. The van der Waals surface area contributed by atoms with Crippen LogP contribution in [0.2, 0.25) is 0 Å². The molecule has 0 unspecified atom stereocenters. The van der Waals surface area contributed by atoms with Crippen LogP contribution in [0.3, 0.4) is 0 Å². The molecule has 0 spiro atoms. The number of anilines is 1. The summed E-state index contributed by atoms with van der Waals surface area (Å²) in [7, 11) is 3.98. The monoisotopic (exact) mass is 258 g/mol. The van der Waals surface area contributed by atoms with E-state index in [2.05, 4.69) is 15.1 Å². The van der Waals surface area contributed by atoms with E-state index in [1.807, 2.05) is 44.4 Å². The van der Waals surface area contributed by atoms with Gasteiger partial charge in [-0.25, -0.2) is 0 Å². The Morgan fingerprint density at radius 1 is 1.16 bits per heavy atom. The van der Waals surface area contributed by atoms with E-state index in [1.165, 1.54) is 0 Å². The van der Waals surface area contributed by atoms with E-state index >= 15 is 0 Å². The molecule has 0 saturated carbocycles. The van der Waals surface area contributed by atoms with E-state index in [0.717, 1.165) is 12.2 Å². The van der Waals surface area contributed by atoms with Crippen LogP contribution in [0.4, 0.5) is 5.69 Å². The minimum absolute atomic E-state index is 0.0643. The lowest BCUT2D eigenvalue weighted by atomic mass is 10.2. The van der Waals surface area contributed by atoms with Crippen molar-refractivity contribution in [3.05, 3.63) is 48.3 Å². The van der Waals surface area contributed by atoms with Crippen LogP contribution in [0.15, 0.2) is 42.6 Å². The summed E-state index contributed by atoms with van der Waals surface area (Å²) in [5.41, 5.74) is 1.39. The van der Waals surface area contributed by atoms with Crippen LogP contribution in [-0.4, -0.2) is 48.2 Å². The van der Waals surface area contributed by atoms with Crippen LogP contribution in [0.5, 0.6) is 0 Å². The second kappa shape index (κ2) is 6.15. The topological polar surface area (TPSA) is 52.2 Å². The Morgan fingerprint density at radius 3 is 2.47 bits per heavy atom. The van der Waals surface area contributed by atoms with Crippen LogP contribution >= 0.6 is 0 Å². The van der Waals surface area contributed by atoms with Gasteiger partial charge in [-0.15, -0.1) is 0 Å². The lowest BCUT2D eigenvalue weighted by Gasteiger charge is -2.23. The average Bonchev–Trinajstić information content (AvgIpc) is 2.93. The number of hydrogen-bond donors (Lipinski definition) is 1. The quantitative estimate of drug-likeness (QED) is 0.886. The minimum Gasteiger partial charge on any atom is -0.308 e. The number of aromatic nitrogens is 2. The Labute approximate surface area is 112 Å². The summed E-state index contributed by atoms with van der Waals surface area (Å²) in [6.07, 6.45) is 1.59. The molecule has 0 fully saturated rings. The van der Waals surface area contributed by atoms with Crippen molar-refractivity contribution in [3.8, 4) is 0 Å². The molecule has 0 aliphatic heterocycles. The van der Waals surface area contributed by atoms with Gasteiger partial charge in [0, 0.05) is 25.0 Å². The molecule has 0 bridgehead atoms. The van der Waals surface area contributed by atoms with E-state index in [9.17, 15) is 4.79 Å². The molecule has 2 rings (SSSR count). The Morgan fingerprint density at radius 2 is 1.89 bits per heavy atom. The lowest BCUT2D eigenvalue weighted by molar-refractivity contribution is 0.0980. The first-order valence-electron chi connectivity index (χ1n) is 6.19. The molecule has 0 aliphatic rings. The molecule has 5 nitrogen and oxygen atoms in total. The summed E-state index contributed by atoms with van der Waals surface area (Å²) in [5.74, 6) is -0.0643. The number of H-pyrrole nitrogens is 1. The van der Waals surface area contributed by atoms with E-state index in [4.69, 9.17) is 0 Å². The highest BCUT2D eigenvalue weighted by Crippen LogP contribution is 2.15. The van der Waals surface area contributed by atoms with E-state index in [0.29, 0.717) is 12.2 Å². The molecule has 0 radical (unpaired) electrons. The highest BCUT2D eigenvalue weighted by Gasteiger charge is 2.18. The van der Waals surface area contributed by atoms with E-state index in [-0.39, 0.29) is 5.91 Å². The van der Waals surface area contributed by atoms with E-state index < -0.39 is 0 Å². The predicted molar refractivity (Wildman–Crippen MR) is 75.3 cm³/mol. The summed E-state index contributed by atoms with van der Waals surface area (Å²) >= 11 is 0. The van der Waals surface area contributed by atoms with Crippen molar-refractivity contribution in [1.82, 2.24) is 15.1 Å². The van der Waals surface area contributed by atoms with Crippen molar-refractivity contribution in [2.24, 2.45) is 0 Å². The zero-order chi connectivity index (χ0) is 13.7. The molecule has 5 heteroatoms. The fourth-order valence-corrected chi connectivity index (χ4v) is 1.78. The van der Waals surface area contributed by atoms with Gasteiger partial charge in [0.2, 0.25) is 0 Å². The average molecular weight is 258 g/mol. The van der Waals surface area contributed by atoms with Crippen molar-refractivity contribution in [3.63, 3.8) is 0 Å². The predicted octanol–water partition coefficient (Wildman–Crippen LogP) is 1.62. The molecule has 1 heterocycles. The number of benzene rings is 1. The third kappa shape index (κ3) is 3.42. The SMILES string of the molecule is CN(C)CCN(C(=O)c1ccn[nH]1)c1ccccc1. The molecule has 1 N–H and O–H groups in total. The first-order valence-corrected chi connectivity index (χ1v) is 6.19. The largest absolute Gasteiger partial charge is 0.308 e. The highest BCUT2D eigenvalue weighted by atomic mass is 16.2. The Balaban J connectivity index is 2.22. The van der Waals surface area contributed by atoms with Gasteiger partial charge in [0.1, 0.15) is 5.69 Å². The van der Waals surface area contributed by atoms with Crippen LogP contribution in [0.25, 0.3) is 0 Å². The van der Waals surface area contributed by atoms with Crippen LogP contribution in [0.1, 0.15) is 10.5 Å². The number of para-hydroxylation sites is 1. The number of amides is 1. The van der Waals surface area contributed by atoms with Crippen LogP contribution in [-0.2, 0) is 0 Å². The molecule has 1 aromatic carbocycles. The zero-order valence-electron chi connectivity index (χ0n) is 11.2. The molecule has 0 atom stereocenters. The third-order valence-corrected chi connectivity index (χ3v) is 2.81. The lowest BCUT2D eigenvalue weighted by Crippen LogP contribution is -2.37. The minimum atomic E-state index is -0.0643. The maximum Gasteiger partial charge on any atom is 0.276 e. The smallest absolute Gasteiger partial charge is 0.276 e. The maximum absolute atomic E-state index is 12.5. The molecule has 1 amide bonds. The van der Waals surface area contributed by atoms with Crippen LogP contribution < -0.4 is 4.90 Å². The first kappa shape index (κ1) is 13.3. The number of hydrogen-bond acceptors (Lipinski definition) is 3. The van der Waals surface area contributed by atoms with Crippen molar-refractivity contribution in [2.75, 3.05) is 32.1 Å². The van der Waals surface area contributed by atoms with Crippen molar-refractivity contribution >= 4 is 11.6 Å². The van der Waals surface area contributed by atoms with Crippen molar-refractivity contribution in [2.45, 2.75) is 0 Å². The van der Waals surface area contributed by atoms with Gasteiger partial charge in [-0.05, 0) is 32.3 Å². The molecule has 0 saturated heterocycles. The Hall–Kier alpha value is -2.14. The van der Waals surface area contributed by atoms with Crippen molar-refractivity contribution in [1.29, 1.82) is 0 Å². The van der Waals surface area contributed by atoms with Gasteiger partial charge in [-0.2, -0.15) is 5.10 Å². The molecule has 2 aromatic rings. The summed E-state index contributed by atoms with van der Waals surface area (Å²) < 4.78 is 0. The Bertz CT molecular complexity index is 508. The second-order valence-electron chi connectivity index (χ2n) is 4.57. The number of likely N-dealkylation sites (N-methyl/N-ethyl adjacent to an activating group) is 1. The number of rotatable bonds is 5. The van der Waals surface area contributed by atoms with Gasteiger partial charge in [-0.1, -0.05) is 18.2 Å². The summed E-state index contributed by atoms with van der Waals surface area (Å²) in [6, 6.07) is 11.4. The molecular weight excluding hydrogens is 240 g/mol. The summed E-state index contributed by atoms with van der Waals surface area (Å²) in [6.45, 7) is 1.43. The third-order valence-electron chi connectivity index (χ3n) is 2.81. The number of carbonyl (C=O) groups is 1. The fraction of sp³-hybridized carbons (Fsp3) is 0.286. The van der Waals surface area contributed by atoms with Gasteiger partial charge in [0.15, 0.2) is 0 Å². The molecule has 100 valence electrons. The van der Waals surface area contributed by atoms with Crippen molar-refractivity contribution < 1.29 is 4.79 Å². The fourth-order valence-electron chi connectivity index (χ4n) is 1.78. The molecule has 19 heavy (non-hydrogen) atoms. The van der Waals surface area contributed by atoms with Gasteiger partial charge in [0.25, 0.3) is 5.91 Å². The van der Waals surface area contributed by atoms with E-state index in [1.54, 1.807) is 17.2 Å². The summed E-state index contributed by atoms with van der Waals surface area (Å²) in [4.78, 5) is 16.3. The summed E-state index contributed by atoms with van der Waals surface area (Å²) in [5, 5.41) is 6.55. The molecule has 1 aromatic heterocycles. The molecule has 0 aliphatic carbocycles. The normalized spacial score (nSPS) is 10.7. The van der Waals surface area contributed by atoms with Gasteiger partial charge in [0.05, 0.1) is 0 Å². The van der Waals surface area contributed by atoms with Gasteiger partial charge in [-0.3, -0.25) is 9.89 Å². The zero-order valence-corrected chi connectivity index (χ0v) is 11.2. The highest BCUT2D eigenvalue weighted by molar-refractivity contribution is 6.04. The van der Waals surface area contributed by atoms with Crippen LogP contribution in [0, 0.1) is 0 Å². The van der Waals surface area contributed by atoms with Gasteiger partial charge < -0.3 is 9.80 Å².